The van der Waals surface area contributed by atoms with Gasteiger partial charge in [0.1, 0.15) is 5.69 Å². The molecule has 25 heavy (non-hydrogen) atoms. The van der Waals surface area contributed by atoms with Gasteiger partial charge in [-0.05, 0) is 25.6 Å². The quantitative estimate of drug-likeness (QED) is 0.798. The predicted molar refractivity (Wildman–Crippen MR) is 85.9 cm³/mol. The monoisotopic (exact) mass is 373 g/mol. The lowest BCUT2D eigenvalue weighted by atomic mass is 10.0. The summed E-state index contributed by atoms with van der Waals surface area (Å²) < 4.78 is 50.8. The number of rotatable bonds is 5. The second-order valence-corrected chi connectivity index (χ2v) is 6.80. The van der Waals surface area contributed by atoms with Gasteiger partial charge in [-0.15, -0.1) is 11.3 Å². The average Bonchev–Trinajstić information content (AvgIpc) is 3.26. The first-order valence-electron chi connectivity index (χ1n) is 7.74. The Balaban J connectivity index is 1.86. The fourth-order valence-electron chi connectivity index (χ4n) is 2.61. The van der Waals surface area contributed by atoms with Crippen molar-refractivity contribution in [3.05, 3.63) is 45.7 Å². The van der Waals surface area contributed by atoms with Gasteiger partial charge >= 0.3 is 6.18 Å². The summed E-state index contributed by atoms with van der Waals surface area (Å²) >= 11 is 1.51. The second kappa shape index (κ2) is 7.36. The Labute approximate surface area is 147 Å². The Morgan fingerprint density at radius 1 is 1.32 bits per heavy atom. The maximum atomic E-state index is 13.5. The minimum absolute atomic E-state index is 0.217. The van der Waals surface area contributed by atoms with Crippen molar-refractivity contribution in [1.29, 1.82) is 0 Å². The summed E-state index contributed by atoms with van der Waals surface area (Å²) in [6.07, 6.45) is -2.37. The van der Waals surface area contributed by atoms with Crippen molar-refractivity contribution in [3.63, 3.8) is 0 Å². The molecule has 0 radical (unpaired) electrons. The van der Waals surface area contributed by atoms with E-state index in [1.54, 1.807) is 11.7 Å². The molecule has 0 N–H and O–H groups in total. The lowest BCUT2D eigenvalue weighted by Crippen LogP contribution is -2.23. The van der Waals surface area contributed by atoms with Crippen LogP contribution in [-0.2, 0) is 22.2 Å². The number of alkyl halides is 3. The highest BCUT2D eigenvalue weighted by Gasteiger charge is 2.38. The second-order valence-electron chi connectivity index (χ2n) is 5.83. The molecule has 1 aliphatic heterocycles. The van der Waals surface area contributed by atoms with Crippen LogP contribution >= 0.6 is 11.3 Å². The molecule has 0 spiro atoms. The van der Waals surface area contributed by atoms with Crippen molar-refractivity contribution < 1.29 is 22.6 Å². The number of pyridine rings is 1. The van der Waals surface area contributed by atoms with E-state index in [4.69, 9.17) is 9.47 Å². The highest BCUT2D eigenvalue weighted by Crippen LogP contribution is 2.37. The predicted octanol–water partition coefficient (Wildman–Crippen LogP) is 3.80. The zero-order chi connectivity index (χ0) is 18.0. The van der Waals surface area contributed by atoms with Crippen LogP contribution in [0.2, 0.25) is 0 Å². The third kappa shape index (κ3) is 4.17. The molecule has 1 saturated heterocycles. The van der Waals surface area contributed by atoms with E-state index >= 15 is 0 Å². The Bertz CT molecular complexity index is 703. The number of hydrogen-bond acceptors (Lipinski definition) is 6. The number of halogens is 3. The molecule has 0 aromatic carbocycles. The molecule has 136 valence electrons. The van der Waals surface area contributed by atoms with Gasteiger partial charge in [0, 0.05) is 29.9 Å². The fourth-order valence-corrected chi connectivity index (χ4v) is 3.27. The third-order valence-electron chi connectivity index (χ3n) is 4.12. The molecule has 2 aromatic rings. The molecule has 0 amide bonds. The SMILES string of the molecule is C[C@H](c1cnc(C2OCCO2)c(C(F)(F)F)c1)N(C)Cc1cncs1. The molecular formula is C16H18F3N3O2S. The number of hydrogen-bond donors (Lipinski definition) is 0. The number of nitrogens with zero attached hydrogens (tertiary/aromatic N) is 3. The van der Waals surface area contributed by atoms with Crippen molar-refractivity contribution >= 4 is 11.3 Å². The van der Waals surface area contributed by atoms with E-state index < -0.39 is 18.0 Å². The van der Waals surface area contributed by atoms with Gasteiger partial charge in [0.05, 0.1) is 24.3 Å². The van der Waals surface area contributed by atoms with Crippen LogP contribution in [0, 0.1) is 0 Å². The van der Waals surface area contributed by atoms with E-state index in [1.807, 2.05) is 18.9 Å². The molecule has 1 fully saturated rings. The Morgan fingerprint density at radius 3 is 2.64 bits per heavy atom. The standard InChI is InChI=1S/C16H18F3N3O2S/c1-10(22(2)8-12-7-20-9-25-12)11-5-13(16(17,18)19)14(21-6-11)15-23-3-4-24-15/h5-7,9-10,15H,3-4,8H2,1-2H3/t10-/m1/s1. The normalized spacial score (nSPS) is 17.4. The van der Waals surface area contributed by atoms with E-state index in [0.717, 1.165) is 10.9 Å². The topological polar surface area (TPSA) is 47.5 Å². The van der Waals surface area contributed by atoms with E-state index in [2.05, 4.69) is 9.97 Å². The van der Waals surface area contributed by atoms with Crippen LogP contribution in [0.5, 0.6) is 0 Å². The van der Waals surface area contributed by atoms with E-state index in [1.165, 1.54) is 17.5 Å². The number of ether oxygens (including phenoxy) is 2. The Morgan fingerprint density at radius 2 is 2.04 bits per heavy atom. The minimum atomic E-state index is -4.52. The van der Waals surface area contributed by atoms with Gasteiger partial charge in [-0.3, -0.25) is 14.9 Å². The van der Waals surface area contributed by atoms with E-state index in [-0.39, 0.29) is 24.9 Å². The van der Waals surface area contributed by atoms with Crippen molar-refractivity contribution in [2.24, 2.45) is 0 Å². The lowest BCUT2D eigenvalue weighted by molar-refractivity contribution is -0.143. The van der Waals surface area contributed by atoms with Crippen molar-refractivity contribution in [1.82, 2.24) is 14.9 Å². The van der Waals surface area contributed by atoms with Crippen LogP contribution in [0.25, 0.3) is 0 Å². The molecule has 0 aliphatic carbocycles. The Hall–Kier alpha value is -1.55. The van der Waals surface area contributed by atoms with Crippen LogP contribution in [0.3, 0.4) is 0 Å². The third-order valence-corrected chi connectivity index (χ3v) is 4.89. The van der Waals surface area contributed by atoms with Crippen LogP contribution < -0.4 is 0 Å². The van der Waals surface area contributed by atoms with Gasteiger partial charge in [-0.1, -0.05) is 0 Å². The van der Waals surface area contributed by atoms with Gasteiger partial charge in [0.25, 0.3) is 0 Å². The Kier molecular flexibility index (Phi) is 5.38. The minimum Gasteiger partial charge on any atom is -0.345 e. The highest BCUT2D eigenvalue weighted by molar-refractivity contribution is 7.09. The zero-order valence-corrected chi connectivity index (χ0v) is 14.6. The van der Waals surface area contributed by atoms with Crippen LogP contribution in [0.4, 0.5) is 13.2 Å². The lowest BCUT2D eigenvalue weighted by Gasteiger charge is -2.25. The first kappa shape index (κ1) is 18.2. The molecule has 1 aliphatic rings. The molecule has 3 heterocycles. The molecule has 5 nitrogen and oxygen atoms in total. The van der Waals surface area contributed by atoms with Crippen LogP contribution in [-0.4, -0.2) is 35.1 Å². The zero-order valence-electron chi connectivity index (χ0n) is 13.8. The summed E-state index contributed by atoms with van der Waals surface area (Å²) in [5, 5.41) is 0. The molecule has 0 saturated carbocycles. The van der Waals surface area contributed by atoms with Crippen molar-refractivity contribution in [2.75, 3.05) is 20.3 Å². The van der Waals surface area contributed by atoms with Crippen molar-refractivity contribution in [2.45, 2.75) is 32.0 Å². The summed E-state index contributed by atoms with van der Waals surface area (Å²) in [5.74, 6) is 0. The number of thiazole rings is 1. The van der Waals surface area contributed by atoms with Gasteiger partial charge < -0.3 is 9.47 Å². The summed E-state index contributed by atoms with van der Waals surface area (Å²) in [4.78, 5) is 11.0. The molecule has 9 heteroatoms. The number of aromatic nitrogens is 2. The first-order valence-corrected chi connectivity index (χ1v) is 8.62. The smallest absolute Gasteiger partial charge is 0.345 e. The summed E-state index contributed by atoms with van der Waals surface area (Å²) in [6, 6.07) is 0.900. The van der Waals surface area contributed by atoms with E-state index in [9.17, 15) is 13.2 Å². The van der Waals surface area contributed by atoms with Gasteiger partial charge in [-0.2, -0.15) is 13.2 Å². The maximum absolute atomic E-state index is 13.5. The highest BCUT2D eigenvalue weighted by atomic mass is 32.1. The molecular weight excluding hydrogens is 355 g/mol. The first-order chi connectivity index (χ1) is 11.9. The van der Waals surface area contributed by atoms with Crippen LogP contribution in [0.1, 0.15) is 41.0 Å². The fraction of sp³-hybridized carbons (Fsp3) is 0.500. The van der Waals surface area contributed by atoms with Gasteiger partial charge in [0.2, 0.25) is 6.29 Å². The van der Waals surface area contributed by atoms with Gasteiger partial charge in [-0.25, -0.2) is 0 Å². The summed E-state index contributed by atoms with van der Waals surface area (Å²) in [7, 11) is 1.86. The summed E-state index contributed by atoms with van der Waals surface area (Å²) in [6.45, 7) is 2.98. The van der Waals surface area contributed by atoms with E-state index in [0.29, 0.717) is 12.1 Å². The molecule has 3 rings (SSSR count). The van der Waals surface area contributed by atoms with Crippen molar-refractivity contribution in [3.8, 4) is 0 Å². The maximum Gasteiger partial charge on any atom is 0.418 e. The van der Waals surface area contributed by atoms with Gasteiger partial charge in [0.15, 0.2) is 0 Å². The molecule has 1 atom stereocenters. The van der Waals surface area contributed by atoms with Crippen LogP contribution in [0.15, 0.2) is 24.0 Å². The molecule has 0 unspecified atom stereocenters. The average molecular weight is 373 g/mol. The molecule has 2 aromatic heterocycles. The largest absolute Gasteiger partial charge is 0.418 e. The summed E-state index contributed by atoms with van der Waals surface area (Å²) in [5.41, 5.74) is 1.19. The molecule has 0 bridgehead atoms.